The normalized spacial score (nSPS) is 22.3. The Bertz CT molecular complexity index is 968. The Kier molecular flexibility index (Phi) is 13.4. The first-order chi connectivity index (χ1) is 18.6. The zero-order valence-corrected chi connectivity index (χ0v) is 22.7. The molecule has 0 aromatic heterocycles. The Balaban J connectivity index is 1.96. The first-order valence-electron chi connectivity index (χ1n) is 12.8. The number of esters is 4. The molecule has 0 spiro atoms. The van der Waals surface area contributed by atoms with Crippen molar-refractivity contribution in [3.05, 3.63) is 35.9 Å². The van der Waals surface area contributed by atoms with Crippen LogP contribution in [0.1, 0.15) is 58.9 Å². The first-order valence-corrected chi connectivity index (χ1v) is 12.8. The molecule has 0 radical (unpaired) electrons. The van der Waals surface area contributed by atoms with Crippen molar-refractivity contribution in [1.82, 2.24) is 5.32 Å². The van der Waals surface area contributed by atoms with Gasteiger partial charge in [0.2, 0.25) is 5.91 Å². The summed E-state index contributed by atoms with van der Waals surface area (Å²) in [6, 6.07) is 8.38. The van der Waals surface area contributed by atoms with Gasteiger partial charge in [-0.25, -0.2) is 0 Å². The van der Waals surface area contributed by atoms with Crippen molar-refractivity contribution >= 4 is 29.8 Å². The van der Waals surface area contributed by atoms with Crippen LogP contribution >= 0.6 is 0 Å². The number of amides is 1. The molecule has 1 fully saturated rings. The lowest BCUT2D eigenvalue weighted by molar-refractivity contribution is -0.277. The topological polar surface area (TPSA) is 153 Å². The van der Waals surface area contributed by atoms with Crippen LogP contribution < -0.4 is 5.32 Å². The third-order valence-corrected chi connectivity index (χ3v) is 5.62. The van der Waals surface area contributed by atoms with Gasteiger partial charge >= 0.3 is 23.9 Å². The predicted molar refractivity (Wildman–Crippen MR) is 135 cm³/mol. The van der Waals surface area contributed by atoms with Gasteiger partial charge in [0.25, 0.3) is 0 Å². The van der Waals surface area contributed by atoms with E-state index in [4.69, 9.17) is 28.4 Å². The molecular weight excluding hydrogens is 514 g/mol. The number of benzene rings is 1. The smallest absolute Gasteiger partial charge is 0.306 e. The molecule has 0 bridgehead atoms. The van der Waals surface area contributed by atoms with Gasteiger partial charge in [-0.15, -0.1) is 0 Å². The summed E-state index contributed by atoms with van der Waals surface area (Å²) >= 11 is 0. The fourth-order valence-corrected chi connectivity index (χ4v) is 3.99. The monoisotopic (exact) mass is 551 g/mol. The lowest BCUT2D eigenvalue weighted by Crippen LogP contribution is -2.66. The molecule has 12 heteroatoms. The second-order valence-corrected chi connectivity index (χ2v) is 9.05. The van der Waals surface area contributed by atoms with Gasteiger partial charge in [0, 0.05) is 40.7 Å². The van der Waals surface area contributed by atoms with E-state index in [0.29, 0.717) is 19.3 Å². The van der Waals surface area contributed by atoms with Crippen LogP contribution in [-0.2, 0) is 59.0 Å². The van der Waals surface area contributed by atoms with E-state index in [1.165, 1.54) is 27.7 Å². The Morgan fingerprint density at radius 3 is 2.10 bits per heavy atom. The maximum Gasteiger partial charge on any atom is 0.306 e. The average Bonchev–Trinajstić information content (AvgIpc) is 2.86. The summed E-state index contributed by atoms with van der Waals surface area (Å²) in [6.45, 7) is 4.92. The van der Waals surface area contributed by atoms with Crippen molar-refractivity contribution in [2.75, 3.05) is 13.2 Å². The molecule has 5 unspecified atom stereocenters. The minimum absolute atomic E-state index is 0.186. The number of ether oxygens (including phenoxy) is 6. The Labute approximate surface area is 227 Å². The van der Waals surface area contributed by atoms with Crippen LogP contribution in [0.2, 0.25) is 0 Å². The molecule has 1 amide bonds. The van der Waals surface area contributed by atoms with Crippen molar-refractivity contribution < 1.29 is 52.4 Å². The van der Waals surface area contributed by atoms with Crippen LogP contribution in [0, 0.1) is 0 Å². The number of unbranched alkanes of at least 4 members (excludes halogenated alkanes) is 2. The van der Waals surface area contributed by atoms with E-state index < -0.39 is 54.5 Å². The summed E-state index contributed by atoms with van der Waals surface area (Å²) in [5.74, 6) is -2.71. The summed E-state index contributed by atoms with van der Waals surface area (Å²) in [6.07, 6.45) is -2.45. The molecule has 1 aromatic rings. The highest BCUT2D eigenvalue weighted by atomic mass is 16.7. The van der Waals surface area contributed by atoms with E-state index in [2.05, 4.69) is 5.32 Å². The van der Waals surface area contributed by atoms with Crippen molar-refractivity contribution in [2.24, 2.45) is 0 Å². The zero-order chi connectivity index (χ0) is 28.8. The van der Waals surface area contributed by atoms with Crippen LogP contribution in [0.4, 0.5) is 0 Å². The summed E-state index contributed by atoms with van der Waals surface area (Å²) in [7, 11) is 0. The van der Waals surface area contributed by atoms with Gasteiger partial charge in [0.15, 0.2) is 18.5 Å². The van der Waals surface area contributed by atoms with Crippen LogP contribution in [0.25, 0.3) is 0 Å². The zero-order valence-electron chi connectivity index (χ0n) is 22.7. The minimum Gasteiger partial charge on any atom is -0.463 e. The molecule has 1 aliphatic heterocycles. The lowest BCUT2D eigenvalue weighted by atomic mass is 9.96. The first kappa shape index (κ1) is 31.7. The maximum atomic E-state index is 12.0. The molecule has 1 heterocycles. The quantitative estimate of drug-likeness (QED) is 0.205. The highest BCUT2D eigenvalue weighted by molar-refractivity contribution is 5.73. The van der Waals surface area contributed by atoms with Gasteiger partial charge in [-0.05, 0) is 18.4 Å². The number of carbonyl (C=O) groups is 5. The fourth-order valence-electron chi connectivity index (χ4n) is 3.99. The molecule has 2 rings (SSSR count). The molecule has 12 nitrogen and oxygen atoms in total. The van der Waals surface area contributed by atoms with Gasteiger partial charge in [-0.2, -0.15) is 0 Å². The SMILES string of the molecule is CC(=O)NC1C(OCCCCCC(=O)OCc2ccccc2)OC(COC(C)=O)C(OC(C)=O)C1OC(C)=O. The molecule has 0 saturated carbocycles. The molecule has 0 aliphatic carbocycles. The Hall–Kier alpha value is -3.51. The highest BCUT2D eigenvalue weighted by Gasteiger charge is 2.51. The van der Waals surface area contributed by atoms with Gasteiger partial charge < -0.3 is 33.7 Å². The molecule has 5 atom stereocenters. The molecule has 1 N–H and O–H groups in total. The summed E-state index contributed by atoms with van der Waals surface area (Å²) < 4.78 is 32.9. The summed E-state index contributed by atoms with van der Waals surface area (Å²) in [5.41, 5.74) is 0.912. The standard InChI is InChI=1S/C27H37NO11/c1-17(29)28-24-26(38-20(4)32)25(37-19(3)31)22(16-35-18(2)30)39-27(24)34-14-10-6-9-13-23(33)36-15-21-11-7-5-8-12-21/h5,7-8,11-12,22,24-27H,6,9-10,13-16H2,1-4H3,(H,28,29). The van der Waals surface area contributed by atoms with Crippen LogP contribution in [-0.4, -0.2) is 73.6 Å². The van der Waals surface area contributed by atoms with Crippen molar-refractivity contribution in [1.29, 1.82) is 0 Å². The van der Waals surface area contributed by atoms with E-state index >= 15 is 0 Å². The van der Waals surface area contributed by atoms with E-state index in [9.17, 15) is 24.0 Å². The van der Waals surface area contributed by atoms with E-state index in [-0.39, 0.29) is 32.2 Å². The average molecular weight is 552 g/mol. The number of rotatable bonds is 14. The molecular formula is C27H37NO11. The molecule has 1 aromatic carbocycles. The fraction of sp³-hybridized carbons (Fsp3) is 0.593. The van der Waals surface area contributed by atoms with Gasteiger partial charge in [0.05, 0.1) is 0 Å². The van der Waals surface area contributed by atoms with E-state index in [1.807, 2.05) is 30.3 Å². The number of nitrogens with one attached hydrogen (secondary N) is 1. The van der Waals surface area contributed by atoms with Gasteiger partial charge in [-0.3, -0.25) is 24.0 Å². The van der Waals surface area contributed by atoms with Crippen LogP contribution in [0.15, 0.2) is 30.3 Å². The summed E-state index contributed by atoms with van der Waals surface area (Å²) in [5, 5.41) is 2.64. The number of hydrogen-bond acceptors (Lipinski definition) is 11. The minimum atomic E-state index is -1.18. The second-order valence-electron chi connectivity index (χ2n) is 9.05. The number of hydrogen-bond donors (Lipinski definition) is 1. The summed E-state index contributed by atoms with van der Waals surface area (Å²) in [4.78, 5) is 59.0. The van der Waals surface area contributed by atoms with Crippen molar-refractivity contribution in [2.45, 2.75) is 90.6 Å². The molecule has 1 saturated heterocycles. The van der Waals surface area contributed by atoms with Crippen molar-refractivity contribution in [3.63, 3.8) is 0 Å². The lowest BCUT2D eigenvalue weighted by Gasteiger charge is -2.44. The van der Waals surface area contributed by atoms with Crippen LogP contribution in [0.5, 0.6) is 0 Å². The van der Waals surface area contributed by atoms with Crippen LogP contribution in [0.3, 0.4) is 0 Å². The number of carbonyl (C=O) groups excluding carboxylic acids is 5. The van der Waals surface area contributed by atoms with E-state index in [1.54, 1.807) is 0 Å². The van der Waals surface area contributed by atoms with E-state index in [0.717, 1.165) is 5.56 Å². The predicted octanol–water partition coefficient (Wildman–Crippen LogP) is 1.96. The second kappa shape index (κ2) is 16.5. The maximum absolute atomic E-state index is 12.0. The Morgan fingerprint density at radius 2 is 1.49 bits per heavy atom. The molecule has 39 heavy (non-hydrogen) atoms. The third kappa shape index (κ3) is 11.8. The Morgan fingerprint density at radius 1 is 0.821 bits per heavy atom. The molecule has 216 valence electrons. The highest BCUT2D eigenvalue weighted by Crippen LogP contribution is 2.28. The van der Waals surface area contributed by atoms with Crippen molar-refractivity contribution in [3.8, 4) is 0 Å². The van der Waals surface area contributed by atoms with Gasteiger partial charge in [-0.1, -0.05) is 36.8 Å². The third-order valence-electron chi connectivity index (χ3n) is 5.62. The van der Waals surface area contributed by atoms with Gasteiger partial charge in [0.1, 0.15) is 25.4 Å². The molecule has 1 aliphatic rings. The largest absolute Gasteiger partial charge is 0.463 e.